The molecule has 1 aromatic heterocycles. The Kier molecular flexibility index (Phi) is 5.74. The molecule has 0 bridgehead atoms. The minimum Gasteiger partial charge on any atom is -0.489 e. The van der Waals surface area contributed by atoms with Crippen molar-refractivity contribution in [2.45, 2.75) is 32.3 Å². The summed E-state index contributed by atoms with van der Waals surface area (Å²) < 4.78 is 35.0. The van der Waals surface area contributed by atoms with E-state index in [1.54, 1.807) is 0 Å². The molecule has 0 fully saturated rings. The van der Waals surface area contributed by atoms with Crippen LogP contribution in [0, 0.1) is 20.8 Å². The van der Waals surface area contributed by atoms with E-state index in [1.165, 1.54) is 24.3 Å². The number of aliphatic carboxylic acids is 1. The van der Waals surface area contributed by atoms with Crippen LogP contribution in [0.5, 0.6) is 5.75 Å². The first-order chi connectivity index (χ1) is 13.7. The van der Waals surface area contributed by atoms with Gasteiger partial charge in [-0.1, -0.05) is 23.4 Å². The zero-order valence-electron chi connectivity index (χ0n) is 16.3. The van der Waals surface area contributed by atoms with Crippen molar-refractivity contribution in [1.82, 2.24) is 5.16 Å². The van der Waals surface area contributed by atoms with E-state index in [0.717, 1.165) is 33.7 Å². The molecule has 0 spiro atoms. The lowest BCUT2D eigenvalue weighted by Gasteiger charge is -2.13. The molecule has 29 heavy (non-hydrogen) atoms. The number of carboxylic acid groups (broad SMARTS) is 1. The van der Waals surface area contributed by atoms with Gasteiger partial charge in [-0.3, -0.25) is 4.79 Å². The predicted octanol–water partition coefficient (Wildman–Crippen LogP) is 3.70. The molecule has 0 amide bonds. The minimum absolute atomic E-state index is 0.0520. The molecule has 0 aliphatic carbocycles. The van der Waals surface area contributed by atoms with E-state index in [0.29, 0.717) is 12.4 Å². The number of ether oxygens (including phenoxy) is 1. The molecule has 1 N–H and O–H groups in total. The van der Waals surface area contributed by atoms with Crippen molar-refractivity contribution in [2.75, 3.05) is 5.75 Å². The Hall–Kier alpha value is -3.13. The number of rotatable bonds is 7. The van der Waals surface area contributed by atoms with Crippen LogP contribution in [0.25, 0.3) is 11.1 Å². The van der Waals surface area contributed by atoms with Crippen LogP contribution in [0.4, 0.5) is 0 Å². The van der Waals surface area contributed by atoms with Gasteiger partial charge in [-0.15, -0.1) is 0 Å². The van der Waals surface area contributed by atoms with Crippen molar-refractivity contribution < 1.29 is 27.6 Å². The van der Waals surface area contributed by atoms with Gasteiger partial charge in [0.25, 0.3) is 0 Å². The molecule has 0 aliphatic rings. The second-order valence-corrected chi connectivity index (χ2v) is 8.69. The van der Waals surface area contributed by atoms with E-state index in [9.17, 15) is 13.2 Å². The van der Waals surface area contributed by atoms with Crippen LogP contribution in [0.15, 0.2) is 51.9 Å². The fourth-order valence-electron chi connectivity index (χ4n) is 3.13. The summed E-state index contributed by atoms with van der Waals surface area (Å²) in [6.45, 7) is 6.07. The zero-order chi connectivity index (χ0) is 21.2. The zero-order valence-corrected chi connectivity index (χ0v) is 17.1. The van der Waals surface area contributed by atoms with Crippen molar-refractivity contribution in [2.24, 2.45) is 0 Å². The van der Waals surface area contributed by atoms with Crippen molar-refractivity contribution >= 4 is 15.8 Å². The molecule has 0 atom stereocenters. The van der Waals surface area contributed by atoms with Gasteiger partial charge < -0.3 is 14.4 Å². The summed E-state index contributed by atoms with van der Waals surface area (Å²) in [5, 5.41) is 12.7. The maximum atomic E-state index is 11.9. The molecule has 0 radical (unpaired) electrons. The Balaban J connectivity index is 1.77. The quantitative estimate of drug-likeness (QED) is 0.627. The third-order valence-corrected chi connectivity index (χ3v) is 6.26. The van der Waals surface area contributed by atoms with Crippen molar-refractivity contribution in [3.8, 4) is 16.9 Å². The van der Waals surface area contributed by atoms with E-state index >= 15 is 0 Å². The molecule has 0 unspecified atom stereocenters. The second kappa shape index (κ2) is 8.08. The monoisotopic (exact) mass is 415 g/mol. The molecule has 2 aromatic carbocycles. The van der Waals surface area contributed by atoms with Gasteiger partial charge in [-0.05, 0) is 61.7 Å². The number of carboxylic acids is 1. The Morgan fingerprint density at radius 2 is 1.79 bits per heavy atom. The molecule has 152 valence electrons. The number of sulfone groups is 1. The first-order valence-electron chi connectivity index (χ1n) is 8.88. The summed E-state index contributed by atoms with van der Waals surface area (Å²) in [4.78, 5) is 10.6. The molecule has 3 rings (SSSR count). The fourth-order valence-corrected chi connectivity index (χ4v) is 4.17. The van der Waals surface area contributed by atoms with Gasteiger partial charge in [0.2, 0.25) is 0 Å². The smallest absolute Gasteiger partial charge is 0.319 e. The maximum absolute atomic E-state index is 11.9. The maximum Gasteiger partial charge on any atom is 0.319 e. The van der Waals surface area contributed by atoms with Crippen molar-refractivity contribution in [1.29, 1.82) is 0 Å². The fraction of sp³-hybridized carbons (Fsp3) is 0.238. The first-order valence-corrected chi connectivity index (χ1v) is 10.5. The Morgan fingerprint density at radius 1 is 1.10 bits per heavy atom. The average molecular weight is 415 g/mol. The highest BCUT2D eigenvalue weighted by Gasteiger charge is 2.19. The van der Waals surface area contributed by atoms with Gasteiger partial charge in [0.05, 0.1) is 10.6 Å². The largest absolute Gasteiger partial charge is 0.489 e. The highest BCUT2D eigenvalue weighted by molar-refractivity contribution is 7.92. The summed E-state index contributed by atoms with van der Waals surface area (Å²) in [5.74, 6) is -1.09. The van der Waals surface area contributed by atoms with Crippen LogP contribution < -0.4 is 4.74 Å². The number of hydrogen-bond acceptors (Lipinski definition) is 6. The van der Waals surface area contributed by atoms with Crippen LogP contribution in [0.1, 0.15) is 22.6 Å². The van der Waals surface area contributed by atoms with Gasteiger partial charge in [0.1, 0.15) is 18.1 Å². The number of aromatic nitrogens is 1. The third-order valence-electron chi connectivity index (χ3n) is 4.64. The summed E-state index contributed by atoms with van der Waals surface area (Å²) in [5.41, 5.74) is 4.84. The number of aryl methyl sites for hydroxylation is 2. The average Bonchev–Trinajstić information content (AvgIpc) is 2.99. The molecule has 8 heteroatoms. The van der Waals surface area contributed by atoms with Crippen LogP contribution >= 0.6 is 0 Å². The van der Waals surface area contributed by atoms with Crippen LogP contribution in [-0.2, 0) is 21.2 Å². The Morgan fingerprint density at radius 3 is 2.38 bits per heavy atom. The number of carbonyl (C=O) groups is 1. The highest BCUT2D eigenvalue weighted by Crippen LogP contribution is 2.31. The van der Waals surface area contributed by atoms with Gasteiger partial charge in [0.15, 0.2) is 15.6 Å². The normalized spacial score (nSPS) is 11.4. The molecule has 0 aliphatic heterocycles. The lowest BCUT2D eigenvalue weighted by atomic mass is 9.96. The molecule has 0 saturated heterocycles. The summed E-state index contributed by atoms with van der Waals surface area (Å²) in [6, 6.07) is 11.6. The summed E-state index contributed by atoms with van der Waals surface area (Å²) in [7, 11) is -3.86. The molecule has 3 aromatic rings. The van der Waals surface area contributed by atoms with Crippen LogP contribution in [0.3, 0.4) is 0 Å². The molecule has 0 saturated carbocycles. The van der Waals surface area contributed by atoms with Gasteiger partial charge in [-0.25, -0.2) is 8.42 Å². The van der Waals surface area contributed by atoms with E-state index in [4.69, 9.17) is 14.4 Å². The van der Waals surface area contributed by atoms with Crippen molar-refractivity contribution in [3.63, 3.8) is 0 Å². The van der Waals surface area contributed by atoms with E-state index in [2.05, 4.69) is 5.16 Å². The summed E-state index contributed by atoms with van der Waals surface area (Å²) in [6.07, 6.45) is 0. The Bertz CT molecular complexity index is 1130. The molecule has 7 nitrogen and oxygen atoms in total. The minimum atomic E-state index is -3.86. The molecule has 1 heterocycles. The standard InChI is InChI=1S/C21H21NO6S/c1-13-16(5-4-6-19(13)21-14(2)22-28-15(21)3)11-27-17-7-9-18(10-8-17)29(25,26)12-20(23)24/h4-10H,11-12H2,1-3H3,(H,23,24). The molecular formula is C21H21NO6S. The SMILES string of the molecule is Cc1noc(C)c1-c1cccc(COc2ccc(S(=O)(=O)CC(=O)O)cc2)c1C. The molecular weight excluding hydrogens is 394 g/mol. The second-order valence-electron chi connectivity index (χ2n) is 6.70. The van der Waals surface area contributed by atoms with Gasteiger partial charge >= 0.3 is 5.97 Å². The van der Waals surface area contributed by atoms with Crippen LogP contribution in [0.2, 0.25) is 0 Å². The number of nitrogens with zero attached hydrogens (tertiary/aromatic N) is 1. The number of hydrogen-bond donors (Lipinski definition) is 1. The van der Waals surface area contributed by atoms with E-state index in [-0.39, 0.29) is 4.90 Å². The van der Waals surface area contributed by atoms with Gasteiger partial charge in [-0.2, -0.15) is 0 Å². The Labute approximate surface area is 168 Å². The third kappa shape index (κ3) is 4.48. The topological polar surface area (TPSA) is 107 Å². The number of benzene rings is 2. The van der Waals surface area contributed by atoms with Crippen LogP contribution in [-0.4, -0.2) is 30.4 Å². The predicted molar refractivity (Wildman–Crippen MR) is 107 cm³/mol. The lowest BCUT2D eigenvalue weighted by Crippen LogP contribution is -2.15. The first kappa shape index (κ1) is 20.6. The van der Waals surface area contributed by atoms with E-state index < -0.39 is 21.6 Å². The lowest BCUT2D eigenvalue weighted by molar-refractivity contribution is -0.134. The van der Waals surface area contributed by atoms with Crippen molar-refractivity contribution in [3.05, 3.63) is 65.0 Å². The summed E-state index contributed by atoms with van der Waals surface area (Å²) >= 11 is 0. The van der Waals surface area contributed by atoms with E-state index in [1.807, 2.05) is 39.0 Å². The van der Waals surface area contributed by atoms with Gasteiger partial charge in [0, 0.05) is 5.56 Å². The highest BCUT2D eigenvalue weighted by atomic mass is 32.2.